The molecule has 0 bridgehead atoms. The minimum atomic E-state index is -0.912. The van der Waals surface area contributed by atoms with Gasteiger partial charge in [-0.25, -0.2) is 9.78 Å². The van der Waals surface area contributed by atoms with E-state index in [1.54, 1.807) is 25.3 Å². The molecule has 2 aromatic rings. The molecule has 0 saturated heterocycles. The number of benzene rings is 1. The number of fused-ring (bicyclic) bond motifs is 1. The summed E-state index contributed by atoms with van der Waals surface area (Å²) >= 11 is 0. The molecule has 19 heavy (non-hydrogen) atoms. The van der Waals surface area contributed by atoms with Crippen molar-refractivity contribution in [2.75, 3.05) is 13.7 Å². The summed E-state index contributed by atoms with van der Waals surface area (Å²) in [5, 5.41) is 9.06. The molecule has 0 aliphatic heterocycles. The van der Waals surface area contributed by atoms with Gasteiger partial charge in [0.25, 0.3) is 0 Å². The summed E-state index contributed by atoms with van der Waals surface area (Å²) in [4.78, 5) is 15.6. The Bertz CT molecular complexity index is 590. The maximum Gasteiger partial charge on any atom is 0.335 e. The first kappa shape index (κ1) is 13.5. The van der Waals surface area contributed by atoms with Gasteiger partial charge in [-0.1, -0.05) is 6.92 Å². The van der Waals surface area contributed by atoms with Gasteiger partial charge in [-0.05, 0) is 24.6 Å². The Hall–Kier alpha value is -1.88. The normalized spacial score (nSPS) is 11.1. The zero-order valence-corrected chi connectivity index (χ0v) is 11.2. The molecule has 1 aromatic carbocycles. The number of carboxylic acids is 1. The minimum absolute atomic E-state index is 0.294. The van der Waals surface area contributed by atoms with E-state index < -0.39 is 5.97 Å². The van der Waals surface area contributed by atoms with Crippen molar-refractivity contribution < 1.29 is 14.6 Å². The van der Waals surface area contributed by atoms with E-state index in [0.717, 1.165) is 36.2 Å². The van der Waals surface area contributed by atoms with Crippen LogP contribution in [0.1, 0.15) is 29.5 Å². The van der Waals surface area contributed by atoms with Crippen LogP contribution in [0, 0.1) is 0 Å². The predicted octanol–water partition coefficient (Wildman–Crippen LogP) is 2.33. The van der Waals surface area contributed by atoms with Gasteiger partial charge in [0, 0.05) is 26.7 Å². The van der Waals surface area contributed by atoms with Gasteiger partial charge in [0.05, 0.1) is 16.6 Å². The lowest BCUT2D eigenvalue weighted by atomic mass is 10.2. The Morgan fingerprint density at radius 2 is 2.26 bits per heavy atom. The zero-order valence-electron chi connectivity index (χ0n) is 11.2. The summed E-state index contributed by atoms with van der Waals surface area (Å²) in [5.74, 6) is 0.0678. The number of hydrogen-bond acceptors (Lipinski definition) is 3. The van der Waals surface area contributed by atoms with Crippen molar-refractivity contribution in [2.45, 2.75) is 26.3 Å². The van der Waals surface area contributed by atoms with E-state index in [9.17, 15) is 4.79 Å². The fraction of sp³-hybridized carbons (Fsp3) is 0.429. The minimum Gasteiger partial charge on any atom is -0.478 e. The predicted molar refractivity (Wildman–Crippen MR) is 72.6 cm³/mol. The van der Waals surface area contributed by atoms with Gasteiger partial charge in [-0.15, -0.1) is 0 Å². The van der Waals surface area contributed by atoms with E-state index in [1.807, 2.05) is 6.92 Å². The van der Waals surface area contributed by atoms with Gasteiger partial charge < -0.3 is 14.4 Å². The lowest BCUT2D eigenvalue weighted by Crippen LogP contribution is -2.06. The van der Waals surface area contributed by atoms with Crippen LogP contribution >= 0.6 is 0 Å². The highest BCUT2D eigenvalue weighted by atomic mass is 16.5. The molecule has 0 amide bonds. The number of carboxylic acid groups (broad SMARTS) is 1. The molecular formula is C14H18N2O3. The van der Waals surface area contributed by atoms with Crippen molar-refractivity contribution in [3.63, 3.8) is 0 Å². The molecule has 0 fully saturated rings. The fourth-order valence-electron chi connectivity index (χ4n) is 2.19. The van der Waals surface area contributed by atoms with Crippen molar-refractivity contribution in [3.8, 4) is 0 Å². The lowest BCUT2D eigenvalue weighted by Gasteiger charge is -2.07. The molecule has 0 saturated carbocycles. The second-order valence-corrected chi connectivity index (χ2v) is 4.39. The maximum absolute atomic E-state index is 11.0. The highest BCUT2D eigenvalue weighted by Gasteiger charge is 2.11. The summed E-state index contributed by atoms with van der Waals surface area (Å²) in [6, 6.07) is 5.05. The van der Waals surface area contributed by atoms with Crippen LogP contribution in [-0.4, -0.2) is 34.3 Å². The molecule has 1 aromatic heterocycles. The van der Waals surface area contributed by atoms with Crippen LogP contribution in [-0.2, 0) is 17.7 Å². The zero-order chi connectivity index (χ0) is 13.8. The fourth-order valence-corrected chi connectivity index (χ4v) is 2.19. The molecule has 1 N–H and O–H groups in total. The van der Waals surface area contributed by atoms with Crippen molar-refractivity contribution in [3.05, 3.63) is 29.6 Å². The van der Waals surface area contributed by atoms with Gasteiger partial charge in [-0.2, -0.15) is 0 Å². The highest BCUT2D eigenvalue weighted by molar-refractivity contribution is 5.92. The second-order valence-electron chi connectivity index (χ2n) is 4.39. The quantitative estimate of drug-likeness (QED) is 0.811. The van der Waals surface area contributed by atoms with E-state index >= 15 is 0 Å². The summed E-state index contributed by atoms with van der Waals surface area (Å²) in [6.45, 7) is 3.52. The van der Waals surface area contributed by atoms with Crippen molar-refractivity contribution in [1.82, 2.24) is 9.55 Å². The van der Waals surface area contributed by atoms with Crippen LogP contribution in [0.4, 0.5) is 0 Å². The molecule has 5 heteroatoms. The van der Waals surface area contributed by atoms with Crippen LogP contribution in [0.3, 0.4) is 0 Å². The maximum atomic E-state index is 11.0. The molecule has 0 unspecified atom stereocenters. The number of hydrogen-bond donors (Lipinski definition) is 1. The van der Waals surface area contributed by atoms with Gasteiger partial charge >= 0.3 is 5.97 Å². The van der Waals surface area contributed by atoms with Crippen molar-refractivity contribution in [2.24, 2.45) is 0 Å². The third-order valence-corrected chi connectivity index (χ3v) is 3.12. The van der Waals surface area contributed by atoms with E-state index in [0.29, 0.717) is 12.2 Å². The van der Waals surface area contributed by atoms with Gasteiger partial charge in [0.15, 0.2) is 0 Å². The third-order valence-electron chi connectivity index (χ3n) is 3.12. The van der Waals surface area contributed by atoms with Crippen molar-refractivity contribution >= 4 is 17.0 Å². The molecule has 0 atom stereocenters. The van der Waals surface area contributed by atoms with E-state index in [-0.39, 0.29) is 0 Å². The van der Waals surface area contributed by atoms with E-state index in [2.05, 4.69) is 9.55 Å². The summed E-state index contributed by atoms with van der Waals surface area (Å²) in [6.07, 6.45) is 1.70. The number of carbonyl (C=O) groups is 1. The Balaban J connectivity index is 2.44. The summed E-state index contributed by atoms with van der Waals surface area (Å²) in [5.41, 5.74) is 2.02. The average molecular weight is 262 g/mol. The van der Waals surface area contributed by atoms with Crippen LogP contribution in [0.15, 0.2) is 18.2 Å². The molecule has 5 nitrogen and oxygen atoms in total. The number of aromatic nitrogens is 2. The first-order chi connectivity index (χ1) is 9.17. The number of rotatable bonds is 6. The number of aromatic carboxylic acids is 1. The molecule has 2 rings (SSSR count). The Kier molecular flexibility index (Phi) is 4.16. The lowest BCUT2D eigenvalue weighted by molar-refractivity contribution is 0.0697. The van der Waals surface area contributed by atoms with Gasteiger partial charge in [0.1, 0.15) is 5.82 Å². The Labute approximate surface area is 111 Å². The summed E-state index contributed by atoms with van der Waals surface area (Å²) < 4.78 is 7.14. The standard InChI is InChI=1S/C14H18N2O3/c1-3-13-15-11-6-5-10(14(17)18)9-12(11)16(13)7-4-8-19-2/h5-6,9H,3-4,7-8H2,1-2H3,(H,17,18). The Morgan fingerprint density at radius 1 is 1.47 bits per heavy atom. The van der Waals surface area contributed by atoms with Gasteiger partial charge in [-0.3, -0.25) is 0 Å². The van der Waals surface area contributed by atoms with Crippen LogP contribution in [0.25, 0.3) is 11.0 Å². The van der Waals surface area contributed by atoms with E-state index in [1.165, 1.54) is 0 Å². The molecule has 0 aliphatic rings. The topological polar surface area (TPSA) is 64.3 Å². The van der Waals surface area contributed by atoms with Crippen LogP contribution < -0.4 is 0 Å². The van der Waals surface area contributed by atoms with Crippen molar-refractivity contribution in [1.29, 1.82) is 0 Å². The second kappa shape index (κ2) is 5.84. The number of imidazole rings is 1. The molecule has 102 valence electrons. The first-order valence-corrected chi connectivity index (χ1v) is 6.38. The summed E-state index contributed by atoms with van der Waals surface area (Å²) in [7, 11) is 1.68. The smallest absolute Gasteiger partial charge is 0.335 e. The van der Waals surface area contributed by atoms with E-state index in [4.69, 9.17) is 9.84 Å². The SMILES string of the molecule is CCc1nc2ccc(C(=O)O)cc2n1CCCOC. The third kappa shape index (κ3) is 2.76. The first-order valence-electron chi connectivity index (χ1n) is 6.38. The molecular weight excluding hydrogens is 244 g/mol. The van der Waals surface area contributed by atoms with Gasteiger partial charge in [0.2, 0.25) is 0 Å². The monoisotopic (exact) mass is 262 g/mol. The number of methoxy groups -OCH3 is 1. The molecule has 1 heterocycles. The molecule has 0 spiro atoms. The molecule has 0 radical (unpaired) electrons. The Morgan fingerprint density at radius 3 is 2.89 bits per heavy atom. The highest BCUT2D eigenvalue weighted by Crippen LogP contribution is 2.19. The van der Waals surface area contributed by atoms with Crippen LogP contribution in [0.2, 0.25) is 0 Å². The number of aryl methyl sites for hydroxylation is 2. The number of nitrogens with zero attached hydrogens (tertiary/aromatic N) is 2. The average Bonchev–Trinajstić information content (AvgIpc) is 2.76. The number of ether oxygens (including phenoxy) is 1. The largest absolute Gasteiger partial charge is 0.478 e. The van der Waals surface area contributed by atoms with Crippen LogP contribution in [0.5, 0.6) is 0 Å². The molecule has 0 aliphatic carbocycles.